The van der Waals surface area contributed by atoms with Crippen LogP contribution in [-0.4, -0.2) is 159 Å². The van der Waals surface area contributed by atoms with E-state index >= 15 is 0 Å². The van der Waals surface area contributed by atoms with Gasteiger partial charge in [-0.05, 0) is 107 Å². The van der Waals surface area contributed by atoms with Crippen molar-refractivity contribution < 1.29 is 77.2 Å². The van der Waals surface area contributed by atoms with Gasteiger partial charge in [-0.3, -0.25) is 28.8 Å². The third-order valence-electron chi connectivity index (χ3n) is 16.2. The molecule has 1 radical (unpaired) electrons. The van der Waals surface area contributed by atoms with Gasteiger partial charge in [0.1, 0.15) is 35.6 Å². The van der Waals surface area contributed by atoms with Crippen LogP contribution in [0.3, 0.4) is 0 Å². The highest BCUT2D eigenvalue weighted by atomic mass is 16.6. The molecule has 1 aliphatic carbocycles. The molecule has 0 aromatic rings. The number of Topliss-reactive ketones (excluding diaryl/α,β-unsaturated/α-hetero) is 3. The summed E-state index contributed by atoms with van der Waals surface area (Å²) >= 11 is 0. The van der Waals surface area contributed by atoms with Crippen LogP contribution in [0.4, 0.5) is 0 Å². The van der Waals surface area contributed by atoms with Crippen LogP contribution in [0.5, 0.6) is 0 Å². The van der Waals surface area contributed by atoms with Crippen molar-refractivity contribution in [3.05, 3.63) is 47.6 Å². The fraction of sp³-hybridized carbons (Fsp3) is 0.759. The van der Waals surface area contributed by atoms with Crippen LogP contribution in [0.25, 0.3) is 0 Å². The summed E-state index contributed by atoms with van der Waals surface area (Å²) in [6.45, 7) is 15.6. The molecule has 1 saturated carbocycles. The van der Waals surface area contributed by atoms with Crippen LogP contribution in [0.15, 0.2) is 47.6 Å². The second kappa shape index (κ2) is 30.5. The summed E-state index contributed by atoms with van der Waals surface area (Å²) in [7, 11) is 6.06. The molecule has 3 N–H and O–H groups in total. The molecule has 2 unspecified atom stereocenters. The number of cyclic esters (lactones) is 1. The molecule has 3 fully saturated rings. The second-order valence-electron chi connectivity index (χ2n) is 22.7. The average Bonchev–Trinajstić information content (AvgIpc) is 3.40. The normalized spacial score (nSPS) is 37.0. The molecule has 3 aliphatic heterocycles. The molecule has 76 heavy (non-hydrogen) atoms. The zero-order chi connectivity index (χ0) is 56.5. The van der Waals surface area contributed by atoms with E-state index in [9.17, 15) is 44.1 Å². The van der Waals surface area contributed by atoms with Gasteiger partial charge in [-0.2, -0.15) is 0 Å². The third-order valence-corrected chi connectivity index (χ3v) is 16.2. The average molecular weight is 1070 g/mol. The first-order valence-electron chi connectivity index (χ1n) is 27.7. The maximum absolute atomic E-state index is 14.4. The predicted octanol–water partition coefficient (Wildman–Crippen LogP) is 6.66. The molecule has 18 heteroatoms. The number of aliphatic hydroxyl groups is 3. The number of allylic oxidation sites excluding steroid dienone is 6. The lowest BCUT2D eigenvalue weighted by Crippen LogP contribution is -2.59. The highest BCUT2D eigenvalue weighted by molar-refractivity contribution is 6.38. The molecule has 0 aromatic heterocycles. The summed E-state index contributed by atoms with van der Waals surface area (Å²) in [5, 5.41) is 33.6. The number of amides is 1. The smallest absolute Gasteiger partial charge is 0.316 e. The van der Waals surface area contributed by atoms with Gasteiger partial charge in [0.05, 0.1) is 30.8 Å². The third kappa shape index (κ3) is 17.6. The lowest BCUT2D eigenvalue weighted by Gasteiger charge is -2.42. The molecule has 2 saturated heterocycles. The van der Waals surface area contributed by atoms with Crippen molar-refractivity contribution in [3.63, 3.8) is 0 Å². The van der Waals surface area contributed by atoms with Gasteiger partial charge in [0.2, 0.25) is 5.79 Å². The predicted molar refractivity (Wildman–Crippen MR) is 286 cm³/mol. The van der Waals surface area contributed by atoms with Gasteiger partial charge >= 0.3 is 11.9 Å². The first kappa shape index (κ1) is 64.6. The van der Waals surface area contributed by atoms with Gasteiger partial charge in [0.25, 0.3) is 19.2 Å². The topological polar surface area (TPSA) is 231 Å². The lowest BCUT2D eigenvalue weighted by atomic mass is 9.78. The zero-order valence-corrected chi connectivity index (χ0v) is 47.5. The Morgan fingerprint density at radius 2 is 1.64 bits per heavy atom. The Labute approximate surface area is 453 Å². The minimum atomic E-state index is -2.40. The van der Waals surface area contributed by atoms with E-state index in [2.05, 4.69) is 0 Å². The first-order chi connectivity index (χ1) is 36.0. The van der Waals surface area contributed by atoms with Crippen molar-refractivity contribution in [2.24, 2.45) is 46.8 Å². The van der Waals surface area contributed by atoms with Gasteiger partial charge < -0.3 is 53.3 Å². The molecule has 0 aromatic carbocycles. The minimum Gasteiger partial charge on any atom is -0.461 e. The number of carbonyl (C=O) groups excluding carboxylic acids is 6. The van der Waals surface area contributed by atoms with Crippen molar-refractivity contribution in [2.75, 3.05) is 47.6 Å². The van der Waals surface area contributed by atoms with Crippen LogP contribution in [-0.2, 0) is 61.8 Å². The molecule has 3 heterocycles. The summed E-state index contributed by atoms with van der Waals surface area (Å²) in [4.78, 5) is 85.3. The molecule has 427 valence electrons. The SMILES string of the molecule is CC[B]OCC(C)(CO)C(=O)O[C@@H]1CC[C@@H](C[C@@H](C)[C@@H]2CC(=O)[C@H](C)/C=C(\C)[C@@H](O)[C@@H](OC)C(=O)[C@H](C)C[C@H](C)/C=C/C=C/C=C(\C)[C@@H](OC)C[C@@H]3CC[C@@H](C)[C@@](O)(O3)C(=O)C(=O)N3CCCC(C3)C(=O)O2)C[C@H]1OC. The molecule has 17 nitrogen and oxygen atoms in total. The van der Waals surface area contributed by atoms with Crippen molar-refractivity contribution in [2.45, 2.75) is 188 Å². The minimum absolute atomic E-state index is 0.00473. The molecule has 4 bridgehead atoms. The lowest BCUT2D eigenvalue weighted by molar-refractivity contribution is -0.265. The maximum Gasteiger partial charge on any atom is 0.316 e. The van der Waals surface area contributed by atoms with Crippen LogP contribution in [0.2, 0.25) is 6.32 Å². The van der Waals surface area contributed by atoms with Crippen molar-refractivity contribution in [1.82, 2.24) is 4.90 Å². The number of esters is 2. The number of fused-ring (bicyclic) bond motifs is 4. The van der Waals surface area contributed by atoms with E-state index < -0.39 is 108 Å². The Morgan fingerprint density at radius 1 is 0.921 bits per heavy atom. The summed E-state index contributed by atoms with van der Waals surface area (Å²) in [5.41, 5.74) is -0.0322. The van der Waals surface area contributed by atoms with E-state index in [1.54, 1.807) is 62.4 Å². The molecule has 16 atom stereocenters. The number of methoxy groups -OCH3 is 3. The molecule has 4 aliphatic rings. The molecule has 1 amide bonds. The summed E-state index contributed by atoms with van der Waals surface area (Å²) in [6.07, 6.45) is 10.6. The van der Waals surface area contributed by atoms with Crippen molar-refractivity contribution in [3.8, 4) is 0 Å². The summed E-state index contributed by atoms with van der Waals surface area (Å²) in [6, 6.07) is 0. The number of piperidine rings is 1. The number of rotatable bonds is 13. The van der Waals surface area contributed by atoms with Gasteiger partial charge in [0.15, 0.2) is 5.78 Å². The Bertz CT molecular complexity index is 2070. The first-order valence-corrected chi connectivity index (χ1v) is 27.7. The van der Waals surface area contributed by atoms with Crippen molar-refractivity contribution in [1.29, 1.82) is 0 Å². The number of carbonyl (C=O) groups is 6. The molecular formula is C58H91BNO16. The zero-order valence-electron chi connectivity index (χ0n) is 47.5. The number of hydrogen-bond acceptors (Lipinski definition) is 16. The van der Waals surface area contributed by atoms with Crippen LogP contribution in [0, 0.1) is 46.8 Å². The molecule has 4 rings (SSSR count). The fourth-order valence-electron chi connectivity index (χ4n) is 11.0. The fourth-order valence-corrected chi connectivity index (χ4v) is 11.0. The maximum atomic E-state index is 14.4. The highest BCUT2D eigenvalue weighted by Gasteiger charge is 2.52. The van der Waals surface area contributed by atoms with Crippen LogP contribution >= 0.6 is 0 Å². The van der Waals surface area contributed by atoms with E-state index in [0.29, 0.717) is 76.1 Å². The highest BCUT2D eigenvalue weighted by Crippen LogP contribution is 2.38. The number of ketones is 3. The van der Waals surface area contributed by atoms with Gasteiger partial charge in [-0.25, -0.2) is 0 Å². The Kier molecular flexibility index (Phi) is 25.9. The Balaban J connectivity index is 1.64. The molecule has 0 spiro atoms. The van der Waals surface area contributed by atoms with Crippen molar-refractivity contribution >= 4 is 42.7 Å². The largest absolute Gasteiger partial charge is 0.461 e. The summed E-state index contributed by atoms with van der Waals surface area (Å²) in [5.74, 6) is -9.38. The van der Waals surface area contributed by atoms with Gasteiger partial charge in [-0.15, -0.1) is 0 Å². The summed E-state index contributed by atoms with van der Waals surface area (Å²) < 4.78 is 41.2. The quantitative estimate of drug-likeness (QED) is 0.0576. The van der Waals surface area contributed by atoms with Crippen LogP contribution in [0.1, 0.15) is 133 Å². The van der Waals surface area contributed by atoms with E-state index in [-0.39, 0.29) is 55.4 Å². The van der Waals surface area contributed by atoms with Gasteiger partial charge in [0, 0.05) is 71.6 Å². The number of hydrogen-bond donors (Lipinski definition) is 3. The Morgan fingerprint density at radius 3 is 2.30 bits per heavy atom. The number of ether oxygens (including phenoxy) is 6. The number of nitrogens with zero attached hydrogens (tertiary/aromatic N) is 1. The van der Waals surface area contributed by atoms with E-state index in [1.165, 1.54) is 12.0 Å². The van der Waals surface area contributed by atoms with E-state index in [4.69, 9.17) is 33.1 Å². The number of aliphatic hydroxyl groups excluding tert-OH is 2. The van der Waals surface area contributed by atoms with Crippen LogP contribution < -0.4 is 0 Å². The van der Waals surface area contributed by atoms with E-state index in [1.807, 2.05) is 58.1 Å². The second-order valence-corrected chi connectivity index (χ2v) is 22.7. The standard InChI is InChI=1S/C58H91BNO16/c1-13-59-73-34-57(9,33-61)56(68)75-46-24-22-42(29-49(46)71-11)28-38(5)48-31-45(62)37(4)27-40(7)51(64)52(72-12)50(63)39(6)26-35(2)18-15-14-16-19-36(3)47(70-10)30-44-23-21-41(8)58(69,76-44)53(65)54(66)60-25-17-20-43(32-60)55(67)74-48/h14-16,18-19,27,35,37-39,41-44,46-49,51-52,61,64,69H,13,17,20-26,28-34H2,1-12H3/b16-14+,18-15+,36-19+,40-27+/t35-,37-,38-,39-,41-,42+,43?,44+,46-,47+,48+,49-,51-,52+,57?,58-/m1/s1. The van der Waals surface area contributed by atoms with E-state index in [0.717, 1.165) is 5.57 Å². The van der Waals surface area contributed by atoms with Gasteiger partial charge in [-0.1, -0.05) is 84.3 Å². The monoisotopic (exact) mass is 1070 g/mol. The molecular weight excluding hydrogens is 977 g/mol. The Hall–Kier alpha value is -3.88.